The van der Waals surface area contributed by atoms with Crippen molar-refractivity contribution in [2.45, 2.75) is 26.9 Å². The molecule has 0 aliphatic carbocycles. The van der Waals surface area contributed by atoms with E-state index in [9.17, 15) is 4.79 Å². The quantitative estimate of drug-likeness (QED) is 0.906. The predicted molar refractivity (Wildman–Crippen MR) is 77.7 cm³/mol. The molecule has 0 fully saturated rings. The fourth-order valence-electron chi connectivity index (χ4n) is 1.88. The maximum Gasteiger partial charge on any atom is 0.313 e. The lowest BCUT2D eigenvalue weighted by Crippen LogP contribution is -2.23. The van der Waals surface area contributed by atoms with Crippen LogP contribution >= 0.6 is 0 Å². The Morgan fingerprint density at radius 1 is 1.40 bits per heavy atom. The minimum Gasteiger partial charge on any atom is -0.435 e. The Kier molecular flexibility index (Phi) is 4.53. The molecule has 106 valence electrons. The van der Waals surface area contributed by atoms with Gasteiger partial charge in [-0.05, 0) is 23.6 Å². The molecule has 2 rings (SSSR count). The van der Waals surface area contributed by atoms with Gasteiger partial charge in [0.25, 0.3) is 5.88 Å². The summed E-state index contributed by atoms with van der Waals surface area (Å²) in [5.74, 6) is 1.03. The third-order valence-electron chi connectivity index (χ3n) is 2.79. The molecule has 0 aliphatic heterocycles. The van der Waals surface area contributed by atoms with Crippen molar-refractivity contribution < 1.29 is 4.74 Å². The molecule has 2 N–H and O–H groups in total. The number of ether oxygens (including phenoxy) is 1. The van der Waals surface area contributed by atoms with Gasteiger partial charge in [-0.3, -0.25) is 4.79 Å². The lowest BCUT2D eigenvalue weighted by Gasteiger charge is -2.10. The average molecular weight is 273 g/mol. The van der Waals surface area contributed by atoms with Crippen LogP contribution in [0.3, 0.4) is 0 Å². The number of benzene rings is 1. The minimum absolute atomic E-state index is 0.0855. The van der Waals surface area contributed by atoms with E-state index in [1.165, 1.54) is 0 Å². The van der Waals surface area contributed by atoms with Crippen molar-refractivity contribution in [2.75, 3.05) is 0 Å². The molecule has 20 heavy (non-hydrogen) atoms. The van der Waals surface area contributed by atoms with Crippen LogP contribution < -0.4 is 16.0 Å². The molecule has 0 amide bonds. The maximum absolute atomic E-state index is 12.2. The number of nitrogens with zero attached hydrogens (tertiary/aromatic N) is 2. The van der Waals surface area contributed by atoms with E-state index >= 15 is 0 Å². The third-order valence-corrected chi connectivity index (χ3v) is 2.79. The third kappa shape index (κ3) is 3.45. The smallest absolute Gasteiger partial charge is 0.313 e. The van der Waals surface area contributed by atoms with Crippen molar-refractivity contribution in [2.24, 2.45) is 11.7 Å². The Morgan fingerprint density at radius 2 is 2.20 bits per heavy atom. The SMILES string of the molecule is CC(C)Cn1ccnc(Oc2cccc(CN)c2)c1=O. The van der Waals surface area contributed by atoms with Crippen molar-refractivity contribution >= 4 is 0 Å². The van der Waals surface area contributed by atoms with Crippen LogP contribution in [-0.4, -0.2) is 9.55 Å². The van der Waals surface area contributed by atoms with Crippen LogP contribution in [0.25, 0.3) is 0 Å². The zero-order chi connectivity index (χ0) is 14.5. The maximum atomic E-state index is 12.2. The van der Waals surface area contributed by atoms with E-state index in [0.29, 0.717) is 24.8 Å². The largest absolute Gasteiger partial charge is 0.435 e. The first-order valence-corrected chi connectivity index (χ1v) is 6.62. The molecule has 5 nitrogen and oxygen atoms in total. The van der Waals surface area contributed by atoms with Crippen molar-refractivity contribution in [1.29, 1.82) is 0 Å². The lowest BCUT2D eigenvalue weighted by molar-refractivity contribution is 0.432. The molecule has 1 aromatic carbocycles. The standard InChI is InChI=1S/C15H19N3O2/c1-11(2)10-18-7-6-17-14(15(18)19)20-13-5-3-4-12(8-13)9-16/h3-8,11H,9-10,16H2,1-2H3. The van der Waals surface area contributed by atoms with Gasteiger partial charge in [0.2, 0.25) is 0 Å². The lowest BCUT2D eigenvalue weighted by atomic mass is 10.2. The van der Waals surface area contributed by atoms with Crippen LogP contribution in [0.15, 0.2) is 41.5 Å². The van der Waals surface area contributed by atoms with E-state index < -0.39 is 0 Å². The molecule has 0 bridgehead atoms. The van der Waals surface area contributed by atoms with E-state index in [1.54, 1.807) is 29.1 Å². The van der Waals surface area contributed by atoms with Crippen LogP contribution in [0.2, 0.25) is 0 Å². The minimum atomic E-state index is -0.223. The zero-order valence-corrected chi connectivity index (χ0v) is 11.7. The summed E-state index contributed by atoms with van der Waals surface area (Å²) >= 11 is 0. The molecule has 1 heterocycles. The topological polar surface area (TPSA) is 70.1 Å². The first-order valence-electron chi connectivity index (χ1n) is 6.62. The van der Waals surface area contributed by atoms with E-state index in [1.807, 2.05) is 12.1 Å². The molecule has 0 unspecified atom stereocenters. The summed E-state index contributed by atoms with van der Waals surface area (Å²) in [4.78, 5) is 16.2. The summed E-state index contributed by atoms with van der Waals surface area (Å²) in [6, 6.07) is 7.33. The van der Waals surface area contributed by atoms with Gasteiger partial charge in [0.05, 0.1) is 0 Å². The number of hydrogen-bond acceptors (Lipinski definition) is 4. The van der Waals surface area contributed by atoms with Crippen LogP contribution in [-0.2, 0) is 13.1 Å². The molecule has 0 spiro atoms. The van der Waals surface area contributed by atoms with E-state index in [0.717, 1.165) is 5.56 Å². The Balaban J connectivity index is 2.27. The molecule has 0 radical (unpaired) electrons. The second-order valence-electron chi connectivity index (χ2n) is 5.04. The molecule has 0 aliphatic rings. The molecule has 2 aromatic rings. The Hall–Kier alpha value is -2.14. The van der Waals surface area contributed by atoms with E-state index in [2.05, 4.69) is 18.8 Å². The first-order chi connectivity index (χ1) is 9.60. The van der Waals surface area contributed by atoms with Crippen molar-refractivity contribution in [3.63, 3.8) is 0 Å². The monoisotopic (exact) mass is 273 g/mol. The predicted octanol–water partition coefficient (Wildman–Crippen LogP) is 2.15. The highest BCUT2D eigenvalue weighted by Crippen LogP contribution is 2.17. The van der Waals surface area contributed by atoms with Gasteiger partial charge < -0.3 is 15.0 Å². The number of nitrogens with two attached hydrogens (primary N) is 1. The number of hydrogen-bond donors (Lipinski definition) is 1. The number of rotatable bonds is 5. The van der Waals surface area contributed by atoms with Crippen molar-refractivity contribution in [1.82, 2.24) is 9.55 Å². The van der Waals surface area contributed by atoms with Crippen molar-refractivity contribution in [3.8, 4) is 11.6 Å². The van der Waals surface area contributed by atoms with Gasteiger partial charge in [0, 0.05) is 25.5 Å². The van der Waals surface area contributed by atoms with Gasteiger partial charge in [-0.15, -0.1) is 0 Å². The fraction of sp³-hybridized carbons (Fsp3) is 0.333. The highest BCUT2D eigenvalue weighted by Gasteiger charge is 2.08. The Labute approximate surface area is 118 Å². The fourth-order valence-corrected chi connectivity index (χ4v) is 1.88. The van der Waals surface area contributed by atoms with Crippen LogP contribution in [0.5, 0.6) is 11.6 Å². The van der Waals surface area contributed by atoms with Gasteiger partial charge in [-0.2, -0.15) is 0 Å². The van der Waals surface area contributed by atoms with E-state index in [4.69, 9.17) is 10.5 Å². The number of aromatic nitrogens is 2. The summed E-state index contributed by atoms with van der Waals surface area (Å²) < 4.78 is 7.18. The molecule has 1 aromatic heterocycles. The van der Waals surface area contributed by atoms with Gasteiger partial charge >= 0.3 is 5.56 Å². The van der Waals surface area contributed by atoms with Gasteiger partial charge in [0.1, 0.15) is 5.75 Å². The van der Waals surface area contributed by atoms with Crippen LogP contribution in [0.4, 0.5) is 0 Å². The average Bonchev–Trinajstić information content (AvgIpc) is 2.43. The molecule has 0 atom stereocenters. The zero-order valence-electron chi connectivity index (χ0n) is 11.7. The normalized spacial score (nSPS) is 10.8. The van der Waals surface area contributed by atoms with Crippen molar-refractivity contribution in [3.05, 3.63) is 52.6 Å². The summed E-state index contributed by atoms with van der Waals surface area (Å²) in [5, 5.41) is 0. The summed E-state index contributed by atoms with van der Waals surface area (Å²) in [6.07, 6.45) is 3.25. The molecule has 0 saturated heterocycles. The Morgan fingerprint density at radius 3 is 2.90 bits per heavy atom. The Bertz CT molecular complexity index is 635. The summed E-state index contributed by atoms with van der Waals surface area (Å²) in [5.41, 5.74) is 6.31. The van der Waals surface area contributed by atoms with Gasteiger partial charge in [-0.25, -0.2) is 4.98 Å². The van der Waals surface area contributed by atoms with Crippen LogP contribution in [0.1, 0.15) is 19.4 Å². The summed E-state index contributed by atoms with van der Waals surface area (Å²) in [6.45, 7) is 5.17. The van der Waals surface area contributed by atoms with Crippen LogP contribution in [0, 0.1) is 5.92 Å². The highest BCUT2D eigenvalue weighted by atomic mass is 16.5. The second-order valence-corrected chi connectivity index (χ2v) is 5.04. The first kappa shape index (κ1) is 14.3. The van der Waals surface area contributed by atoms with Gasteiger partial charge in [0.15, 0.2) is 0 Å². The molecular weight excluding hydrogens is 254 g/mol. The highest BCUT2D eigenvalue weighted by molar-refractivity contribution is 5.31. The summed E-state index contributed by atoms with van der Waals surface area (Å²) in [7, 11) is 0. The molecule has 0 saturated carbocycles. The molecular formula is C15H19N3O2. The second kappa shape index (κ2) is 6.34. The van der Waals surface area contributed by atoms with E-state index in [-0.39, 0.29) is 11.4 Å². The van der Waals surface area contributed by atoms with Gasteiger partial charge in [-0.1, -0.05) is 26.0 Å². The molecule has 5 heteroatoms.